The standard InChI is InChI=1S/C23H17ClF3NO3/c1-13(22(29)30)15-5-7-18-19-11-16(24)6-8-20(19)28(21(18)10-15)12-14-3-2-4-17(9-14)31-23(25,26)27/h2-11,13H,12H2,1H3,(H,29,30). The van der Waals surface area contributed by atoms with E-state index in [1.165, 1.54) is 18.2 Å². The summed E-state index contributed by atoms with van der Waals surface area (Å²) in [6, 6.07) is 16.6. The van der Waals surface area contributed by atoms with Gasteiger partial charge in [0.25, 0.3) is 0 Å². The Bertz CT molecular complexity index is 1300. The summed E-state index contributed by atoms with van der Waals surface area (Å²) in [4.78, 5) is 11.5. The molecule has 1 atom stereocenters. The number of nitrogens with zero attached hydrogens (tertiary/aromatic N) is 1. The summed E-state index contributed by atoms with van der Waals surface area (Å²) in [5.74, 6) is -1.95. The van der Waals surface area contributed by atoms with Crippen molar-refractivity contribution >= 4 is 39.4 Å². The Hall–Kier alpha value is -3.19. The molecule has 0 saturated carbocycles. The molecule has 0 amide bonds. The first-order valence-electron chi connectivity index (χ1n) is 9.41. The van der Waals surface area contributed by atoms with Gasteiger partial charge >= 0.3 is 12.3 Å². The van der Waals surface area contributed by atoms with Gasteiger partial charge in [-0.05, 0) is 54.4 Å². The number of carbonyl (C=O) groups is 1. The third-order valence-electron chi connectivity index (χ3n) is 5.20. The van der Waals surface area contributed by atoms with Gasteiger partial charge in [-0.1, -0.05) is 35.9 Å². The number of fused-ring (bicyclic) bond motifs is 3. The number of rotatable bonds is 5. The molecule has 4 nitrogen and oxygen atoms in total. The molecule has 1 N–H and O–H groups in total. The van der Waals surface area contributed by atoms with Gasteiger partial charge in [0.15, 0.2) is 0 Å². The van der Waals surface area contributed by atoms with E-state index < -0.39 is 18.2 Å². The van der Waals surface area contributed by atoms with Gasteiger partial charge in [0.05, 0.1) is 5.92 Å². The van der Waals surface area contributed by atoms with Crippen LogP contribution in [0.4, 0.5) is 13.2 Å². The number of ether oxygens (including phenoxy) is 1. The molecule has 160 valence electrons. The molecule has 0 bridgehead atoms. The molecule has 0 radical (unpaired) electrons. The molecule has 0 saturated heterocycles. The highest BCUT2D eigenvalue weighted by atomic mass is 35.5. The van der Waals surface area contributed by atoms with Crippen molar-refractivity contribution in [2.75, 3.05) is 0 Å². The lowest BCUT2D eigenvalue weighted by Crippen LogP contribution is -2.17. The fourth-order valence-electron chi connectivity index (χ4n) is 3.69. The fraction of sp³-hybridized carbons (Fsp3) is 0.174. The van der Waals surface area contributed by atoms with Crippen molar-refractivity contribution in [3.8, 4) is 5.75 Å². The summed E-state index contributed by atoms with van der Waals surface area (Å²) in [6.07, 6.45) is -4.77. The van der Waals surface area contributed by atoms with Crippen LogP contribution in [0, 0.1) is 0 Å². The molecule has 1 heterocycles. The first-order chi connectivity index (χ1) is 14.6. The Labute approximate surface area is 180 Å². The molecule has 1 unspecified atom stereocenters. The third kappa shape index (κ3) is 4.32. The minimum absolute atomic E-state index is 0.265. The van der Waals surface area contributed by atoms with E-state index in [0.717, 1.165) is 21.8 Å². The lowest BCUT2D eigenvalue weighted by atomic mass is 10.00. The molecule has 31 heavy (non-hydrogen) atoms. The Morgan fingerprint density at radius 2 is 1.84 bits per heavy atom. The van der Waals surface area contributed by atoms with E-state index in [2.05, 4.69) is 4.74 Å². The Morgan fingerprint density at radius 1 is 1.06 bits per heavy atom. The number of halogens is 4. The highest BCUT2D eigenvalue weighted by Crippen LogP contribution is 2.34. The van der Waals surface area contributed by atoms with Gasteiger partial charge in [-0.25, -0.2) is 0 Å². The number of aliphatic carboxylic acids is 1. The molecule has 1 aromatic heterocycles. The third-order valence-corrected chi connectivity index (χ3v) is 5.43. The van der Waals surface area contributed by atoms with E-state index in [4.69, 9.17) is 11.6 Å². The van der Waals surface area contributed by atoms with Crippen LogP contribution < -0.4 is 4.74 Å². The number of alkyl halides is 3. The number of carboxylic acid groups (broad SMARTS) is 1. The highest BCUT2D eigenvalue weighted by molar-refractivity contribution is 6.31. The van der Waals surface area contributed by atoms with Crippen LogP contribution in [0.2, 0.25) is 5.02 Å². The smallest absolute Gasteiger partial charge is 0.481 e. The van der Waals surface area contributed by atoms with E-state index in [1.807, 2.05) is 22.8 Å². The average molecular weight is 448 g/mol. The minimum atomic E-state index is -4.77. The Morgan fingerprint density at radius 3 is 2.55 bits per heavy atom. The molecule has 3 aromatic carbocycles. The van der Waals surface area contributed by atoms with Crippen LogP contribution >= 0.6 is 11.6 Å². The molecular weight excluding hydrogens is 431 g/mol. The van der Waals surface area contributed by atoms with Crippen molar-refractivity contribution in [2.24, 2.45) is 0 Å². The van der Waals surface area contributed by atoms with Gasteiger partial charge in [-0.3, -0.25) is 4.79 Å². The molecular formula is C23H17ClF3NO3. The van der Waals surface area contributed by atoms with Gasteiger partial charge < -0.3 is 14.4 Å². The highest BCUT2D eigenvalue weighted by Gasteiger charge is 2.31. The van der Waals surface area contributed by atoms with Crippen LogP contribution in [-0.2, 0) is 11.3 Å². The number of carboxylic acids is 1. The van der Waals surface area contributed by atoms with E-state index in [0.29, 0.717) is 16.1 Å². The molecule has 4 aromatic rings. The second-order valence-corrected chi connectivity index (χ2v) is 7.72. The minimum Gasteiger partial charge on any atom is -0.481 e. The van der Waals surface area contributed by atoms with Crippen molar-refractivity contribution in [3.63, 3.8) is 0 Å². The lowest BCUT2D eigenvalue weighted by molar-refractivity contribution is -0.274. The van der Waals surface area contributed by atoms with Crippen LogP contribution in [0.3, 0.4) is 0 Å². The average Bonchev–Trinajstić information content (AvgIpc) is 2.98. The molecule has 0 aliphatic carbocycles. The van der Waals surface area contributed by atoms with Crippen LogP contribution in [0.5, 0.6) is 5.75 Å². The van der Waals surface area contributed by atoms with Gasteiger partial charge in [0, 0.05) is 33.4 Å². The van der Waals surface area contributed by atoms with Crippen LogP contribution in [-0.4, -0.2) is 22.0 Å². The van der Waals surface area contributed by atoms with Gasteiger partial charge in [-0.2, -0.15) is 0 Å². The maximum atomic E-state index is 12.6. The fourth-order valence-corrected chi connectivity index (χ4v) is 3.87. The first-order valence-corrected chi connectivity index (χ1v) is 9.79. The summed E-state index contributed by atoms with van der Waals surface area (Å²) in [7, 11) is 0. The predicted molar refractivity (Wildman–Crippen MR) is 113 cm³/mol. The molecule has 0 spiro atoms. The normalized spacial score (nSPS) is 12.9. The zero-order valence-electron chi connectivity index (χ0n) is 16.3. The summed E-state index contributed by atoms with van der Waals surface area (Å²) in [5, 5.41) is 11.7. The molecule has 0 fully saturated rings. The maximum Gasteiger partial charge on any atom is 0.573 e. The van der Waals surface area contributed by atoms with Crippen molar-refractivity contribution in [1.29, 1.82) is 0 Å². The van der Waals surface area contributed by atoms with Crippen molar-refractivity contribution in [3.05, 3.63) is 76.8 Å². The summed E-state index contributed by atoms with van der Waals surface area (Å²) in [6.45, 7) is 1.87. The molecule has 0 aliphatic rings. The van der Waals surface area contributed by atoms with Crippen molar-refractivity contribution in [1.82, 2.24) is 4.57 Å². The van der Waals surface area contributed by atoms with Crippen LogP contribution in [0.25, 0.3) is 21.8 Å². The van der Waals surface area contributed by atoms with Crippen LogP contribution in [0.15, 0.2) is 60.7 Å². The number of benzene rings is 3. The zero-order valence-corrected chi connectivity index (χ0v) is 17.0. The summed E-state index contributed by atoms with van der Waals surface area (Å²) < 4.78 is 43.8. The molecule has 8 heteroatoms. The van der Waals surface area contributed by atoms with E-state index in [9.17, 15) is 23.1 Å². The van der Waals surface area contributed by atoms with Crippen LogP contribution in [0.1, 0.15) is 24.0 Å². The van der Waals surface area contributed by atoms with Gasteiger partial charge in [-0.15, -0.1) is 13.2 Å². The van der Waals surface area contributed by atoms with Gasteiger partial charge in [0.1, 0.15) is 5.75 Å². The second kappa shape index (κ2) is 7.81. The largest absolute Gasteiger partial charge is 0.573 e. The van der Waals surface area contributed by atoms with Crippen molar-refractivity contribution < 1.29 is 27.8 Å². The Balaban J connectivity index is 1.86. The topological polar surface area (TPSA) is 51.5 Å². The quantitative estimate of drug-likeness (QED) is 0.376. The maximum absolute atomic E-state index is 12.6. The van der Waals surface area contributed by atoms with E-state index >= 15 is 0 Å². The lowest BCUT2D eigenvalue weighted by Gasteiger charge is -2.13. The van der Waals surface area contributed by atoms with Gasteiger partial charge in [0.2, 0.25) is 0 Å². The first kappa shape index (κ1) is 21.1. The number of aromatic nitrogens is 1. The monoisotopic (exact) mass is 447 g/mol. The predicted octanol–water partition coefficient (Wildman–Crippen LogP) is 6.58. The van der Waals surface area contributed by atoms with E-state index in [-0.39, 0.29) is 12.3 Å². The number of hydrogen-bond donors (Lipinski definition) is 1. The zero-order chi connectivity index (χ0) is 22.3. The number of hydrogen-bond acceptors (Lipinski definition) is 2. The SMILES string of the molecule is CC(C(=O)O)c1ccc2c3cc(Cl)ccc3n(Cc3cccc(OC(F)(F)F)c3)c2c1. The van der Waals surface area contributed by atoms with E-state index in [1.54, 1.807) is 31.2 Å². The molecule has 0 aliphatic heterocycles. The van der Waals surface area contributed by atoms with Crippen molar-refractivity contribution in [2.45, 2.75) is 25.7 Å². The molecule has 4 rings (SSSR count). The summed E-state index contributed by atoms with van der Waals surface area (Å²) >= 11 is 6.18. The second-order valence-electron chi connectivity index (χ2n) is 7.28. The summed E-state index contributed by atoms with van der Waals surface area (Å²) in [5.41, 5.74) is 2.84. The Kier molecular flexibility index (Phi) is 5.31.